The summed E-state index contributed by atoms with van der Waals surface area (Å²) in [5.41, 5.74) is 7.44. The summed E-state index contributed by atoms with van der Waals surface area (Å²) < 4.78 is 32.2. The Hall–Kier alpha value is -10.4. The molecule has 84 heavy (non-hydrogen) atoms. The van der Waals surface area contributed by atoms with Crippen molar-refractivity contribution in [3.05, 3.63) is 162 Å². The molecule has 0 fully saturated rings. The number of aromatic nitrogens is 6. The van der Waals surface area contributed by atoms with E-state index < -0.39 is 11.6 Å². The number of aromatic amines is 3. The molecule has 6 heterocycles. The smallest absolute Gasteiger partial charge is 0.145 e. The minimum absolute atomic E-state index is 0.0980. The van der Waals surface area contributed by atoms with Crippen LogP contribution in [0.3, 0.4) is 0 Å². The molecule has 3 aliphatic rings. The molecule has 3 aromatic heterocycles. The Kier molecular flexibility index (Phi) is 15.7. The van der Waals surface area contributed by atoms with Crippen molar-refractivity contribution in [2.24, 2.45) is 0 Å². The van der Waals surface area contributed by atoms with Gasteiger partial charge in [-0.2, -0.15) is 0 Å². The number of anilines is 3. The number of nitrogens with one attached hydrogen (secondary N) is 6. The summed E-state index contributed by atoms with van der Waals surface area (Å²) >= 11 is 0. The van der Waals surface area contributed by atoms with Crippen molar-refractivity contribution < 1.29 is 43.7 Å². The molecule has 9 aromatic rings. The summed E-state index contributed by atoms with van der Waals surface area (Å²) in [5.74, 6) is 5.98. The number of benzene rings is 6. The number of H-pyrrole nitrogens is 3. The lowest BCUT2D eigenvalue weighted by molar-refractivity contribution is 0.314. The van der Waals surface area contributed by atoms with Gasteiger partial charge in [0, 0.05) is 54.6 Å². The van der Waals surface area contributed by atoms with Crippen molar-refractivity contribution in [2.75, 3.05) is 57.4 Å². The van der Waals surface area contributed by atoms with Crippen LogP contribution in [0.15, 0.2) is 145 Å². The normalized spacial score (nSPS) is 17.8. The van der Waals surface area contributed by atoms with E-state index in [1.54, 1.807) is 75.6 Å². The second-order valence-electron chi connectivity index (χ2n) is 20.1. The quantitative estimate of drug-likeness (QED) is 0.0489. The van der Waals surface area contributed by atoms with Crippen LogP contribution in [-0.4, -0.2) is 123 Å². The van der Waals surface area contributed by atoms with E-state index in [-0.39, 0.29) is 40.8 Å². The van der Waals surface area contributed by atoms with Crippen molar-refractivity contribution in [1.82, 2.24) is 29.9 Å². The fourth-order valence-electron chi connectivity index (χ4n) is 10.8. The molecule has 1 unspecified atom stereocenters. The highest BCUT2D eigenvalue weighted by atomic mass is 16.5. The molecule has 0 spiro atoms. The van der Waals surface area contributed by atoms with Crippen molar-refractivity contribution in [2.45, 2.75) is 58.2 Å². The second kappa shape index (κ2) is 23.2. The fraction of sp³-hybridized carbons (Fsp3) is 0.238. The molecule has 0 bridgehead atoms. The third kappa shape index (κ3) is 10.1. The van der Waals surface area contributed by atoms with Gasteiger partial charge >= 0.3 is 0 Å². The van der Waals surface area contributed by atoms with Gasteiger partial charge in [-0.05, 0) is 63.1 Å². The highest BCUT2D eigenvalue weighted by molar-refractivity contribution is 6.33. The monoisotopic (exact) mass is 1130 g/mol. The fourth-order valence-corrected chi connectivity index (χ4v) is 10.8. The molecular formula is C63H66N12O9. The lowest BCUT2D eigenvalue weighted by Gasteiger charge is -2.36. The largest absolute Gasteiger partial charge is 0.509 e. The summed E-state index contributed by atoms with van der Waals surface area (Å²) in [7, 11) is 9.49. The van der Waals surface area contributed by atoms with Crippen LogP contribution in [0.25, 0.3) is 49.8 Å². The molecule has 21 heteroatoms. The standard InChI is InChI=1S/C22H24N4O3.C21H22N4O3.C20H20N4O3/c1-5-22(2)19(27)18(21-24-16-8-6-7-9-17(16)25-21)20(23)26(22)13-10-14(28-3)12-15(11-13)29-4;1-4-17-19(26)18(21-23-15-7-5-6-8-16(15)24-21)20(22)25(17)12-9-13(27-2)11-14(10-12)28-3;1-11-18(25)17(20-22-15-6-4-5-7-16(15)23-20)19(21)24(11)12-8-13(26-2)10-14(9-12)27-3/h6-12,23,27H,5H2,1-4H3,(H,24,25);5-11,17,22,26H,4H2,1-3H3,(H,23,24);4-11,21,25H,1-3H3,(H,22,23)/t22-;;11-/m0.0/s1. The number of nitrogens with zero attached hydrogens (tertiary/aromatic N) is 6. The van der Waals surface area contributed by atoms with Crippen LogP contribution in [0, 0.1) is 16.2 Å². The molecule has 6 aromatic carbocycles. The third-order valence-corrected chi connectivity index (χ3v) is 15.4. The molecule has 3 atom stereocenters. The van der Waals surface area contributed by atoms with Gasteiger partial charge in [-0.15, -0.1) is 0 Å². The van der Waals surface area contributed by atoms with E-state index in [1.807, 2.05) is 137 Å². The number of imidazole rings is 3. The highest BCUT2D eigenvalue weighted by Crippen LogP contribution is 2.46. The lowest BCUT2D eigenvalue weighted by Crippen LogP contribution is -2.45. The van der Waals surface area contributed by atoms with Crippen molar-refractivity contribution >= 4 is 84.4 Å². The Morgan fingerprint density at radius 2 is 0.821 bits per heavy atom. The molecule has 9 N–H and O–H groups in total. The highest BCUT2D eigenvalue weighted by Gasteiger charge is 2.48. The number of para-hydroxylation sites is 6. The summed E-state index contributed by atoms with van der Waals surface area (Å²) in [5, 5.41) is 59.4. The maximum absolute atomic E-state index is 11.2. The molecule has 12 rings (SSSR count). The maximum Gasteiger partial charge on any atom is 0.145 e. The predicted octanol–water partition coefficient (Wildman–Crippen LogP) is 12.4. The van der Waals surface area contributed by atoms with Crippen LogP contribution in [0.1, 0.15) is 58.0 Å². The molecule has 0 aliphatic carbocycles. The number of rotatable bonds is 14. The van der Waals surface area contributed by atoms with E-state index >= 15 is 0 Å². The van der Waals surface area contributed by atoms with Crippen molar-refractivity contribution in [3.63, 3.8) is 0 Å². The Labute approximate surface area is 484 Å². The second-order valence-corrected chi connectivity index (χ2v) is 20.1. The molecule has 432 valence electrons. The van der Waals surface area contributed by atoms with Gasteiger partial charge in [-0.1, -0.05) is 50.2 Å². The Bertz CT molecular complexity index is 3960. The molecule has 0 saturated carbocycles. The zero-order valence-electron chi connectivity index (χ0n) is 48.2. The van der Waals surface area contributed by atoms with Crippen molar-refractivity contribution in [3.8, 4) is 34.5 Å². The van der Waals surface area contributed by atoms with Crippen LogP contribution >= 0.6 is 0 Å². The van der Waals surface area contributed by atoms with Gasteiger partial charge in [0.1, 0.15) is 92.3 Å². The van der Waals surface area contributed by atoms with Gasteiger partial charge < -0.3 is 73.4 Å². The summed E-state index contributed by atoms with van der Waals surface area (Å²) in [4.78, 5) is 28.6. The van der Waals surface area contributed by atoms with Crippen LogP contribution in [0.2, 0.25) is 0 Å². The van der Waals surface area contributed by atoms with E-state index in [9.17, 15) is 15.3 Å². The molecule has 0 saturated heterocycles. The number of aliphatic hydroxyl groups excluding tert-OH is 3. The molecule has 0 amide bonds. The maximum atomic E-state index is 11.2. The number of hydrogen-bond donors (Lipinski definition) is 9. The van der Waals surface area contributed by atoms with Gasteiger partial charge in [0.25, 0.3) is 0 Å². The Balaban J connectivity index is 0.000000140. The zero-order valence-corrected chi connectivity index (χ0v) is 48.2. The molecule has 3 aliphatic heterocycles. The number of hydrogen-bond acceptors (Lipinski definition) is 15. The van der Waals surface area contributed by atoms with E-state index in [0.717, 1.165) is 33.1 Å². The number of fused-ring (bicyclic) bond motifs is 3. The van der Waals surface area contributed by atoms with E-state index in [2.05, 4.69) is 29.9 Å². The number of methoxy groups -OCH3 is 6. The summed E-state index contributed by atoms with van der Waals surface area (Å²) in [6, 6.07) is 38.4. The van der Waals surface area contributed by atoms with Crippen LogP contribution in [-0.2, 0) is 0 Å². The minimum Gasteiger partial charge on any atom is -0.509 e. The van der Waals surface area contributed by atoms with E-state index in [4.69, 9.17) is 44.6 Å². The first kappa shape index (κ1) is 56.8. The SMILES string of the molecule is CCC1C(O)=C(c2nc3ccccc3[nH]2)C(=N)N1c1cc(OC)cc(OC)c1.CC[C@@]1(C)C(O)=C(c2nc3ccccc3[nH]2)C(=N)N1c1cc(OC)cc(OC)c1.COc1cc(OC)cc(N2C(=N)C(c3nc4ccccc4[nH]3)=C(O)[C@@H]2C)c1. The summed E-state index contributed by atoms with van der Waals surface area (Å²) in [6.45, 7) is 7.71. The van der Waals surface area contributed by atoms with Gasteiger partial charge in [-0.25, -0.2) is 15.0 Å². The number of amidine groups is 3. The topological polar surface area (TPSA) is 283 Å². The first-order valence-electron chi connectivity index (χ1n) is 27.0. The van der Waals surface area contributed by atoms with Crippen LogP contribution in [0.5, 0.6) is 34.5 Å². The summed E-state index contributed by atoms with van der Waals surface area (Å²) in [6.07, 6.45) is 1.21. The molecule has 21 nitrogen and oxygen atoms in total. The average molecular weight is 1140 g/mol. The molecule has 0 radical (unpaired) electrons. The van der Waals surface area contributed by atoms with Gasteiger partial charge in [0.2, 0.25) is 0 Å². The van der Waals surface area contributed by atoms with E-state index in [0.29, 0.717) is 98.6 Å². The number of ether oxygens (including phenoxy) is 6. The molecular weight excluding hydrogens is 1070 g/mol. The first-order valence-corrected chi connectivity index (χ1v) is 27.0. The Morgan fingerprint density at radius 3 is 1.19 bits per heavy atom. The third-order valence-electron chi connectivity index (χ3n) is 15.4. The van der Waals surface area contributed by atoms with Crippen LogP contribution in [0.4, 0.5) is 17.1 Å². The minimum atomic E-state index is -0.803. The Morgan fingerprint density at radius 1 is 0.476 bits per heavy atom. The van der Waals surface area contributed by atoms with Gasteiger partial charge in [0.15, 0.2) is 0 Å². The lowest BCUT2D eigenvalue weighted by atomic mass is 9.95. The number of aliphatic hydroxyl groups is 3. The van der Waals surface area contributed by atoms with Gasteiger partial charge in [0.05, 0.1) is 122 Å². The predicted molar refractivity (Wildman–Crippen MR) is 328 cm³/mol. The zero-order chi connectivity index (χ0) is 59.7. The van der Waals surface area contributed by atoms with Gasteiger partial charge in [-0.3, -0.25) is 16.2 Å². The van der Waals surface area contributed by atoms with Crippen LogP contribution < -0.4 is 43.1 Å². The van der Waals surface area contributed by atoms with Crippen molar-refractivity contribution in [1.29, 1.82) is 16.2 Å². The average Bonchev–Trinajstić information content (AvgIpc) is 1.99. The van der Waals surface area contributed by atoms with E-state index in [1.165, 1.54) is 0 Å². The first-order chi connectivity index (χ1) is 40.5.